The van der Waals surface area contributed by atoms with Crippen LogP contribution in [0.4, 0.5) is 0 Å². The van der Waals surface area contributed by atoms with E-state index in [9.17, 15) is 14.9 Å². The number of fused-ring (bicyclic) bond motifs is 3. The maximum Gasteiger partial charge on any atom is 0.306 e. The van der Waals surface area contributed by atoms with Gasteiger partial charge < -0.3 is 9.72 Å². The van der Waals surface area contributed by atoms with Crippen molar-refractivity contribution < 1.29 is 9.53 Å². The normalized spacial score (nSPS) is 12.8. The highest BCUT2D eigenvalue weighted by atomic mass is 32.1. The lowest BCUT2D eigenvalue weighted by Gasteiger charge is -2.09. The predicted molar refractivity (Wildman–Crippen MR) is 132 cm³/mol. The quantitative estimate of drug-likeness (QED) is 0.397. The predicted octanol–water partition coefficient (Wildman–Crippen LogP) is 5.08. The minimum absolute atomic E-state index is 0.106. The summed E-state index contributed by atoms with van der Waals surface area (Å²) in [4.78, 5) is 34.5. The summed E-state index contributed by atoms with van der Waals surface area (Å²) in [5.41, 5.74) is 4.35. The number of hydrogen-bond acceptors (Lipinski definition) is 6. The van der Waals surface area contributed by atoms with E-state index in [1.165, 1.54) is 4.88 Å². The maximum absolute atomic E-state index is 12.6. The second kappa shape index (κ2) is 9.62. The summed E-state index contributed by atoms with van der Waals surface area (Å²) in [6.45, 7) is 0.166. The summed E-state index contributed by atoms with van der Waals surface area (Å²) in [7, 11) is 0. The molecular formula is C27H23N3O3S. The molecule has 0 unspecified atom stereocenters. The third-order valence-electron chi connectivity index (χ3n) is 6.15. The van der Waals surface area contributed by atoms with Crippen LogP contribution in [-0.2, 0) is 35.4 Å². The van der Waals surface area contributed by atoms with Crippen molar-refractivity contribution in [1.82, 2.24) is 9.97 Å². The first kappa shape index (κ1) is 22.1. The van der Waals surface area contributed by atoms with Crippen molar-refractivity contribution in [2.75, 3.05) is 0 Å². The molecule has 2 aromatic carbocycles. The van der Waals surface area contributed by atoms with E-state index in [-0.39, 0.29) is 24.6 Å². The molecule has 0 radical (unpaired) electrons. The fourth-order valence-electron chi connectivity index (χ4n) is 4.40. The highest BCUT2D eigenvalue weighted by molar-refractivity contribution is 7.18. The van der Waals surface area contributed by atoms with Gasteiger partial charge in [0, 0.05) is 11.3 Å². The zero-order chi connectivity index (χ0) is 23.5. The van der Waals surface area contributed by atoms with Crippen LogP contribution in [0.3, 0.4) is 0 Å². The number of H-pyrrole nitrogens is 1. The number of carbonyl (C=O) groups is 1. The number of aromatic nitrogens is 2. The third-order valence-corrected chi connectivity index (χ3v) is 7.34. The van der Waals surface area contributed by atoms with Gasteiger partial charge in [-0.15, -0.1) is 11.3 Å². The summed E-state index contributed by atoms with van der Waals surface area (Å²) in [6, 6.07) is 17.3. The van der Waals surface area contributed by atoms with E-state index in [0.29, 0.717) is 17.8 Å². The zero-order valence-corrected chi connectivity index (χ0v) is 19.4. The number of thiophene rings is 1. The third kappa shape index (κ3) is 4.50. The van der Waals surface area contributed by atoms with Crippen molar-refractivity contribution in [2.45, 2.75) is 45.1 Å². The minimum atomic E-state index is -0.341. The van der Waals surface area contributed by atoms with Gasteiger partial charge in [-0.2, -0.15) is 5.26 Å². The standard InChI is InChI=1S/C27H23N3O3S/c28-15-19-5-1-2-6-20(19)18-11-9-17(10-12-18)16-33-24(31)14-13-23-29-26(32)25-21-7-3-4-8-22(21)34-27(25)30-23/h1-2,5-6,9-12H,3-4,7-8,13-14,16H2,(H,29,30,32). The molecule has 0 bridgehead atoms. The van der Waals surface area contributed by atoms with E-state index in [2.05, 4.69) is 16.0 Å². The van der Waals surface area contributed by atoms with Gasteiger partial charge in [0.05, 0.1) is 23.4 Å². The Labute approximate surface area is 200 Å². The van der Waals surface area contributed by atoms with Crippen LogP contribution in [0.2, 0.25) is 0 Å². The average molecular weight is 470 g/mol. The van der Waals surface area contributed by atoms with Crippen LogP contribution in [0.1, 0.15) is 46.7 Å². The molecule has 4 aromatic rings. The van der Waals surface area contributed by atoms with Crippen LogP contribution < -0.4 is 5.56 Å². The Balaban J connectivity index is 1.19. The number of nitrogens with one attached hydrogen (secondary N) is 1. The molecular weight excluding hydrogens is 446 g/mol. The molecule has 1 aliphatic rings. The van der Waals surface area contributed by atoms with Crippen molar-refractivity contribution in [3.05, 3.63) is 86.3 Å². The number of nitrogens with zero attached hydrogens (tertiary/aromatic N) is 2. The van der Waals surface area contributed by atoms with E-state index in [4.69, 9.17) is 4.74 Å². The van der Waals surface area contributed by atoms with Crippen molar-refractivity contribution in [2.24, 2.45) is 0 Å². The number of rotatable bonds is 6. The molecule has 2 heterocycles. The minimum Gasteiger partial charge on any atom is -0.461 e. The van der Waals surface area contributed by atoms with Crippen LogP contribution >= 0.6 is 11.3 Å². The number of nitriles is 1. The van der Waals surface area contributed by atoms with Crippen molar-refractivity contribution >= 4 is 27.5 Å². The number of hydrogen-bond donors (Lipinski definition) is 1. The fraction of sp³-hybridized carbons (Fsp3) is 0.259. The van der Waals surface area contributed by atoms with E-state index in [1.54, 1.807) is 17.4 Å². The number of ether oxygens (including phenoxy) is 1. The molecule has 0 atom stereocenters. The topological polar surface area (TPSA) is 95.8 Å². The highest BCUT2D eigenvalue weighted by Crippen LogP contribution is 2.33. The number of aryl methyl sites for hydroxylation is 3. The van der Waals surface area contributed by atoms with Gasteiger partial charge in [0.1, 0.15) is 17.3 Å². The van der Waals surface area contributed by atoms with Crippen molar-refractivity contribution in [3.63, 3.8) is 0 Å². The lowest BCUT2D eigenvalue weighted by molar-refractivity contribution is -0.144. The molecule has 2 aromatic heterocycles. The Morgan fingerprint density at radius 3 is 2.74 bits per heavy atom. The van der Waals surface area contributed by atoms with Gasteiger partial charge >= 0.3 is 5.97 Å². The average Bonchev–Trinajstić information content (AvgIpc) is 3.25. The first-order chi connectivity index (χ1) is 16.6. The Morgan fingerprint density at radius 1 is 1.12 bits per heavy atom. The van der Waals surface area contributed by atoms with E-state index >= 15 is 0 Å². The smallest absolute Gasteiger partial charge is 0.306 e. The molecule has 0 saturated heterocycles. The molecule has 6 nitrogen and oxygen atoms in total. The van der Waals surface area contributed by atoms with Crippen LogP contribution in [0.25, 0.3) is 21.3 Å². The molecule has 0 fully saturated rings. The summed E-state index contributed by atoms with van der Waals surface area (Å²) in [5, 5.41) is 10.0. The summed E-state index contributed by atoms with van der Waals surface area (Å²) in [6.07, 6.45) is 4.71. The maximum atomic E-state index is 12.6. The Morgan fingerprint density at radius 2 is 1.91 bits per heavy atom. The second-order valence-electron chi connectivity index (χ2n) is 8.42. The van der Waals surface area contributed by atoms with Gasteiger partial charge in [-0.05, 0) is 54.0 Å². The number of aromatic amines is 1. The first-order valence-corrected chi connectivity index (χ1v) is 12.2. The number of esters is 1. The van der Waals surface area contributed by atoms with E-state index in [0.717, 1.165) is 58.2 Å². The van der Waals surface area contributed by atoms with Gasteiger partial charge in [0.25, 0.3) is 5.56 Å². The monoisotopic (exact) mass is 469 g/mol. The molecule has 7 heteroatoms. The summed E-state index contributed by atoms with van der Waals surface area (Å²) >= 11 is 1.61. The van der Waals surface area contributed by atoms with Crippen LogP contribution in [-0.4, -0.2) is 15.9 Å². The van der Waals surface area contributed by atoms with Gasteiger partial charge in [-0.1, -0.05) is 42.5 Å². The number of benzene rings is 2. The molecule has 0 amide bonds. The Bertz CT molecular complexity index is 1460. The van der Waals surface area contributed by atoms with Gasteiger partial charge in [-0.3, -0.25) is 9.59 Å². The van der Waals surface area contributed by atoms with Gasteiger partial charge in [0.15, 0.2) is 0 Å². The summed E-state index contributed by atoms with van der Waals surface area (Å²) < 4.78 is 5.42. The van der Waals surface area contributed by atoms with E-state index in [1.807, 2.05) is 42.5 Å². The highest BCUT2D eigenvalue weighted by Gasteiger charge is 2.20. The lowest BCUT2D eigenvalue weighted by atomic mass is 9.97. The second-order valence-corrected chi connectivity index (χ2v) is 9.50. The molecule has 0 aliphatic heterocycles. The molecule has 1 aliphatic carbocycles. The largest absolute Gasteiger partial charge is 0.461 e. The Kier molecular flexibility index (Phi) is 6.24. The fourth-order valence-corrected chi connectivity index (χ4v) is 5.68. The molecule has 0 saturated carbocycles. The van der Waals surface area contributed by atoms with Crippen LogP contribution in [0, 0.1) is 11.3 Å². The summed E-state index contributed by atoms with van der Waals surface area (Å²) in [5.74, 6) is 0.181. The van der Waals surface area contributed by atoms with E-state index < -0.39 is 0 Å². The van der Waals surface area contributed by atoms with Crippen LogP contribution in [0.5, 0.6) is 0 Å². The molecule has 5 rings (SSSR count). The molecule has 170 valence electrons. The lowest BCUT2D eigenvalue weighted by Crippen LogP contribution is -2.14. The van der Waals surface area contributed by atoms with Gasteiger partial charge in [-0.25, -0.2) is 4.98 Å². The zero-order valence-electron chi connectivity index (χ0n) is 18.6. The van der Waals surface area contributed by atoms with Crippen LogP contribution in [0.15, 0.2) is 53.3 Å². The van der Waals surface area contributed by atoms with Gasteiger partial charge in [0.2, 0.25) is 0 Å². The molecule has 1 N–H and O–H groups in total. The number of carbonyl (C=O) groups excluding carboxylic acids is 1. The molecule has 0 spiro atoms. The molecule has 34 heavy (non-hydrogen) atoms. The SMILES string of the molecule is N#Cc1ccccc1-c1ccc(COC(=O)CCc2nc3sc4c(c3c(=O)[nH]2)CCCC4)cc1. The Hall–Kier alpha value is -3.76. The van der Waals surface area contributed by atoms with Crippen molar-refractivity contribution in [3.8, 4) is 17.2 Å². The van der Waals surface area contributed by atoms with Crippen molar-refractivity contribution in [1.29, 1.82) is 5.26 Å². The first-order valence-electron chi connectivity index (χ1n) is 11.4.